The van der Waals surface area contributed by atoms with Crippen LogP contribution in [0.25, 0.3) is 0 Å². The number of carbonyl (C=O) groups excluding carboxylic acids is 1. The van der Waals surface area contributed by atoms with Crippen molar-refractivity contribution in [1.29, 1.82) is 0 Å². The van der Waals surface area contributed by atoms with Gasteiger partial charge in [0, 0.05) is 5.75 Å². The maximum Gasteiger partial charge on any atom is 0.309 e. The van der Waals surface area contributed by atoms with Gasteiger partial charge in [0.1, 0.15) is 6.33 Å². The Balaban J connectivity index is 2.30. The number of carbonyl (C=O) groups is 1. The second kappa shape index (κ2) is 4.86. The first kappa shape index (κ1) is 10.0. The quantitative estimate of drug-likeness (QED) is 0.574. The van der Waals surface area contributed by atoms with Crippen LogP contribution >= 0.6 is 11.8 Å². The van der Waals surface area contributed by atoms with Crippen molar-refractivity contribution >= 4 is 17.7 Å². The van der Waals surface area contributed by atoms with E-state index in [9.17, 15) is 4.79 Å². The minimum absolute atomic E-state index is 0.125. The predicted molar refractivity (Wildman–Crippen MR) is 48.3 cm³/mol. The lowest BCUT2D eigenvalue weighted by Gasteiger charge is -2.06. The Labute approximate surface area is 80.3 Å². The monoisotopic (exact) mass is 201 g/mol. The minimum atomic E-state index is -0.202. The Morgan fingerprint density at radius 2 is 2.62 bits per heavy atom. The van der Waals surface area contributed by atoms with Crippen LogP contribution in [-0.2, 0) is 9.53 Å². The fourth-order valence-electron chi connectivity index (χ4n) is 0.737. The van der Waals surface area contributed by atoms with Gasteiger partial charge in [0.15, 0.2) is 5.16 Å². The van der Waals surface area contributed by atoms with E-state index in [4.69, 9.17) is 0 Å². The minimum Gasteiger partial charge on any atom is -0.469 e. The van der Waals surface area contributed by atoms with Crippen molar-refractivity contribution in [1.82, 2.24) is 15.2 Å². The van der Waals surface area contributed by atoms with E-state index < -0.39 is 0 Å². The van der Waals surface area contributed by atoms with Gasteiger partial charge in [-0.25, -0.2) is 4.98 Å². The van der Waals surface area contributed by atoms with E-state index in [0.29, 0.717) is 5.75 Å². The van der Waals surface area contributed by atoms with Crippen molar-refractivity contribution < 1.29 is 9.53 Å². The highest BCUT2D eigenvalue weighted by Gasteiger charge is 2.13. The van der Waals surface area contributed by atoms with E-state index in [1.165, 1.54) is 25.2 Å². The number of H-pyrrole nitrogens is 1. The molecule has 1 N–H and O–H groups in total. The average Bonchev–Trinajstić information content (AvgIpc) is 2.65. The van der Waals surface area contributed by atoms with E-state index in [1.54, 1.807) is 0 Å². The van der Waals surface area contributed by atoms with Crippen molar-refractivity contribution in [3.8, 4) is 0 Å². The van der Waals surface area contributed by atoms with Gasteiger partial charge < -0.3 is 4.74 Å². The average molecular weight is 201 g/mol. The maximum atomic E-state index is 11.0. The van der Waals surface area contributed by atoms with Crippen molar-refractivity contribution in [2.45, 2.75) is 12.1 Å². The van der Waals surface area contributed by atoms with E-state index >= 15 is 0 Å². The highest BCUT2D eigenvalue weighted by Crippen LogP contribution is 2.15. The van der Waals surface area contributed by atoms with Crippen molar-refractivity contribution in [2.75, 3.05) is 12.9 Å². The molecule has 0 amide bonds. The molecule has 72 valence electrons. The highest BCUT2D eigenvalue weighted by atomic mass is 32.2. The zero-order chi connectivity index (χ0) is 9.68. The molecule has 1 aromatic heterocycles. The van der Waals surface area contributed by atoms with Gasteiger partial charge in [-0.1, -0.05) is 18.7 Å². The zero-order valence-corrected chi connectivity index (χ0v) is 8.30. The first-order valence-corrected chi connectivity index (χ1v) is 4.78. The Bertz CT molecular complexity index is 263. The van der Waals surface area contributed by atoms with Crippen LogP contribution in [-0.4, -0.2) is 34.0 Å². The topological polar surface area (TPSA) is 67.9 Å². The molecule has 1 rings (SSSR count). The molecule has 0 aliphatic carbocycles. The number of aromatic nitrogens is 3. The largest absolute Gasteiger partial charge is 0.469 e. The summed E-state index contributed by atoms with van der Waals surface area (Å²) >= 11 is 1.45. The third-order valence-electron chi connectivity index (χ3n) is 1.47. The smallest absolute Gasteiger partial charge is 0.309 e. The SMILES string of the molecule is COC(=O)C(C)CSc1ncn[nH]1. The fraction of sp³-hybridized carbons (Fsp3) is 0.571. The summed E-state index contributed by atoms with van der Waals surface area (Å²) in [6, 6.07) is 0. The third kappa shape index (κ3) is 3.06. The third-order valence-corrected chi connectivity index (χ3v) is 2.60. The summed E-state index contributed by atoms with van der Waals surface area (Å²) in [6.07, 6.45) is 1.44. The second-order valence-electron chi connectivity index (χ2n) is 2.53. The molecule has 0 saturated heterocycles. The van der Waals surface area contributed by atoms with Gasteiger partial charge in [0.25, 0.3) is 0 Å². The Kier molecular flexibility index (Phi) is 3.75. The summed E-state index contributed by atoms with van der Waals surface area (Å²) in [7, 11) is 1.39. The number of nitrogens with one attached hydrogen (secondary N) is 1. The molecule has 1 aromatic rings. The molecular formula is C7H11N3O2S. The van der Waals surface area contributed by atoms with E-state index in [1.807, 2.05) is 6.92 Å². The number of rotatable bonds is 4. The van der Waals surface area contributed by atoms with Crippen LogP contribution in [0, 0.1) is 5.92 Å². The molecular weight excluding hydrogens is 190 g/mol. The van der Waals surface area contributed by atoms with Crippen molar-refractivity contribution in [2.24, 2.45) is 5.92 Å². The molecule has 13 heavy (non-hydrogen) atoms. The molecule has 0 saturated carbocycles. The lowest BCUT2D eigenvalue weighted by Crippen LogP contribution is -2.14. The standard InChI is InChI=1S/C7H11N3O2S/c1-5(6(11)12-2)3-13-7-8-4-9-10-7/h4-5H,3H2,1-2H3,(H,8,9,10). The molecule has 0 radical (unpaired) electrons. The molecule has 0 aliphatic rings. The summed E-state index contributed by atoms with van der Waals surface area (Å²) in [5, 5.41) is 7.11. The Morgan fingerprint density at radius 3 is 3.15 bits per heavy atom. The van der Waals surface area contributed by atoms with Crippen LogP contribution in [0.2, 0.25) is 0 Å². The van der Waals surface area contributed by atoms with Crippen LogP contribution in [0.3, 0.4) is 0 Å². The van der Waals surface area contributed by atoms with Crippen molar-refractivity contribution in [3.63, 3.8) is 0 Å². The van der Waals surface area contributed by atoms with Gasteiger partial charge in [0.2, 0.25) is 0 Å². The number of ether oxygens (including phenoxy) is 1. The Morgan fingerprint density at radius 1 is 1.85 bits per heavy atom. The number of methoxy groups -OCH3 is 1. The fourth-order valence-corrected chi connectivity index (χ4v) is 1.52. The van der Waals surface area contributed by atoms with Gasteiger partial charge in [-0.15, -0.1) is 0 Å². The lowest BCUT2D eigenvalue weighted by molar-refractivity contribution is -0.143. The molecule has 0 fully saturated rings. The first-order chi connectivity index (χ1) is 6.24. The van der Waals surface area contributed by atoms with Crippen LogP contribution < -0.4 is 0 Å². The summed E-state index contributed by atoms with van der Waals surface area (Å²) in [4.78, 5) is 14.9. The summed E-state index contributed by atoms with van der Waals surface area (Å²) in [6.45, 7) is 1.81. The van der Waals surface area contributed by atoms with E-state index in [-0.39, 0.29) is 11.9 Å². The number of nitrogens with zero attached hydrogens (tertiary/aromatic N) is 2. The van der Waals surface area contributed by atoms with Gasteiger partial charge in [-0.3, -0.25) is 9.89 Å². The van der Waals surface area contributed by atoms with Gasteiger partial charge in [-0.2, -0.15) is 5.10 Å². The molecule has 5 nitrogen and oxygen atoms in total. The molecule has 0 spiro atoms. The molecule has 1 unspecified atom stereocenters. The van der Waals surface area contributed by atoms with Crippen LogP contribution in [0.5, 0.6) is 0 Å². The van der Waals surface area contributed by atoms with Crippen LogP contribution in [0.4, 0.5) is 0 Å². The van der Waals surface area contributed by atoms with Crippen LogP contribution in [0.1, 0.15) is 6.92 Å². The number of hydrogen-bond acceptors (Lipinski definition) is 5. The summed E-state index contributed by atoms with van der Waals surface area (Å²) < 4.78 is 4.58. The first-order valence-electron chi connectivity index (χ1n) is 3.80. The van der Waals surface area contributed by atoms with Crippen molar-refractivity contribution in [3.05, 3.63) is 6.33 Å². The second-order valence-corrected chi connectivity index (χ2v) is 3.53. The molecule has 6 heteroatoms. The number of aromatic amines is 1. The van der Waals surface area contributed by atoms with Gasteiger partial charge >= 0.3 is 5.97 Å². The molecule has 1 heterocycles. The maximum absolute atomic E-state index is 11.0. The summed E-state index contributed by atoms with van der Waals surface area (Å²) in [5.74, 6) is 0.314. The molecule has 1 atom stereocenters. The van der Waals surface area contributed by atoms with E-state index in [2.05, 4.69) is 19.9 Å². The molecule has 0 aromatic carbocycles. The van der Waals surface area contributed by atoms with E-state index in [0.717, 1.165) is 5.16 Å². The van der Waals surface area contributed by atoms with Gasteiger partial charge in [0.05, 0.1) is 13.0 Å². The predicted octanol–water partition coefficient (Wildman–Crippen LogP) is 0.706. The zero-order valence-electron chi connectivity index (χ0n) is 7.48. The van der Waals surface area contributed by atoms with Crippen LogP contribution in [0.15, 0.2) is 11.5 Å². The van der Waals surface area contributed by atoms with Gasteiger partial charge in [-0.05, 0) is 0 Å². The number of esters is 1. The molecule has 0 aliphatic heterocycles. The Hall–Kier alpha value is -1.04. The summed E-state index contributed by atoms with van der Waals surface area (Å²) in [5.41, 5.74) is 0. The highest BCUT2D eigenvalue weighted by molar-refractivity contribution is 7.99. The number of thioether (sulfide) groups is 1. The number of hydrogen-bond donors (Lipinski definition) is 1. The molecule has 0 bridgehead atoms. The normalized spacial score (nSPS) is 12.5. The lowest BCUT2D eigenvalue weighted by atomic mass is 10.2.